The van der Waals surface area contributed by atoms with Crippen molar-refractivity contribution in [2.24, 2.45) is 0 Å². The first kappa shape index (κ1) is 15.2. The van der Waals surface area contributed by atoms with Crippen LogP contribution in [0.25, 0.3) is 0 Å². The molecule has 2 unspecified atom stereocenters. The molecule has 0 bridgehead atoms. The molecule has 2 rings (SSSR count). The summed E-state index contributed by atoms with van der Waals surface area (Å²) in [6.45, 7) is 0. The van der Waals surface area contributed by atoms with Gasteiger partial charge in [0.25, 0.3) is 0 Å². The van der Waals surface area contributed by atoms with Gasteiger partial charge in [-0.05, 0) is 37.5 Å². The molecular formula is C14H21BO5. The molecule has 0 amide bonds. The first-order valence-electron chi connectivity index (χ1n) is 6.87. The molecule has 0 aliphatic heterocycles. The molecular weight excluding hydrogens is 259 g/mol. The van der Waals surface area contributed by atoms with Crippen LogP contribution in [0.3, 0.4) is 0 Å². The molecule has 1 aromatic rings. The molecule has 0 spiro atoms. The lowest BCUT2D eigenvalue weighted by Gasteiger charge is -2.29. The maximum absolute atomic E-state index is 9.45. The molecule has 20 heavy (non-hydrogen) atoms. The van der Waals surface area contributed by atoms with Crippen molar-refractivity contribution >= 4 is 12.6 Å². The highest BCUT2D eigenvalue weighted by atomic mass is 16.5. The third-order valence-corrected chi connectivity index (χ3v) is 3.70. The Labute approximate surface area is 119 Å². The highest BCUT2D eigenvalue weighted by Gasteiger charge is 2.25. The van der Waals surface area contributed by atoms with Crippen LogP contribution in [0.4, 0.5) is 0 Å². The van der Waals surface area contributed by atoms with E-state index < -0.39 is 7.12 Å². The number of benzene rings is 1. The molecule has 0 saturated heterocycles. The Morgan fingerprint density at radius 3 is 2.55 bits per heavy atom. The molecule has 1 aromatic carbocycles. The van der Waals surface area contributed by atoms with E-state index >= 15 is 0 Å². The molecule has 6 heteroatoms. The maximum Gasteiger partial charge on any atom is 0.492 e. The lowest BCUT2D eigenvalue weighted by Crippen LogP contribution is -2.35. The Balaban J connectivity index is 2.11. The van der Waals surface area contributed by atoms with Gasteiger partial charge in [0.15, 0.2) is 0 Å². The van der Waals surface area contributed by atoms with Gasteiger partial charge < -0.3 is 24.3 Å². The SMILES string of the molecule is COc1ccc(OC2CCCC(OC)C2)c(B(O)O)c1. The van der Waals surface area contributed by atoms with Crippen molar-refractivity contribution in [1.29, 1.82) is 0 Å². The van der Waals surface area contributed by atoms with Crippen molar-refractivity contribution in [1.82, 2.24) is 0 Å². The summed E-state index contributed by atoms with van der Waals surface area (Å²) in [5.41, 5.74) is 0.323. The first-order chi connectivity index (χ1) is 9.63. The summed E-state index contributed by atoms with van der Waals surface area (Å²) >= 11 is 0. The summed E-state index contributed by atoms with van der Waals surface area (Å²) in [5, 5.41) is 18.9. The Bertz CT molecular complexity index is 438. The summed E-state index contributed by atoms with van der Waals surface area (Å²) < 4.78 is 16.4. The zero-order valence-corrected chi connectivity index (χ0v) is 11.9. The molecule has 0 heterocycles. The van der Waals surface area contributed by atoms with E-state index in [0.29, 0.717) is 17.0 Å². The molecule has 0 aromatic heterocycles. The molecule has 2 N–H and O–H groups in total. The maximum atomic E-state index is 9.45. The zero-order chi connectivity index (χ0) is 14.5. The summed E-state index contributed by atoms with van der Waals surface area (Å²) in [6.07, 6.45) is 4.13. The minimum Gasteiger partial charge on any atom is -0.497 e. The van der Waals surface area contributed by atoms with Crippen LogP contribution in [0.1, 0.15) is 25.7 Å². The molecule has 110 valence electrons. The minimum absolute atomic E-state index is 0.0413. The average Bonchev–Trinajstić information content (AvgIpc) is 2.47. The predicted octanol–water partition coefficient (Wildman–Crippen LogP) is 0.711. The van der Waals surface area contributed by atoms with E-state index in [1.54, 1.807) is 25.3 Å². The topological polar surface area (TPSA) is 68.2 Å². The summed E-state index contributed by atoms with van der Waals surface area (Å²) in [6, 6.07) is 5.04. The Hall–Kier alpha value is -1.24. The zero-order valence-electron chi connectivity index (χ0n) is 11.9. The number of ether oxygens (including phenoxy) is 3. The minimum atomic E-state index is -1.58. The number of hydrogen-bond donors (Lipinski definition) is 2. The lowest BCUT2D eigenvalue weighted by molar-refractivity contribution is 0.0212. The van der Waals surface area contributed by atoms with Crippen LogP contribution in [0.15, 0.2) is 18.2 Å². The third-order valence-electron chi connectivity index (χ3n) is 3.70. The van der Waals surface area contributed by atoms with Crippen LogP contribution in [-0.4, -0.2) is 43.6 Å². The first-order valence-corrected chi connectivity index (χ1v) is 6.87. The van der Waals surface area contributed by atoms with Crippen LogP contribution in [0.5, 0.6) is 11.5 Å². The van der Waals surface area contributed by atoms with Crippen molar-refractivity contribution < 1.29 is 24.3 Å². The van der Waals surface area contributed by atoms with Gasteiger partial charge >= 0.3 is 7.12 Å². The van der Waals surface area contributed by atoms with E-state index in [2.05, 4.69) is 0 Å². The predicted molar refractivity (Wildman–Crippen MR) is 76.5 cm³/mol. The Morgan fingerprint density at radius 2 is 1.90 bits per heavy atom. The molecule has 1 saturated carbocycles. The molecule has 1 aliphatic carbocycles. The summed E-state index contributed by atoms with van der Waals surface area (Å²) in [4.78, 5) is 0. The third kappa shape index (κ3) is 3.65. The smallest absolute Gasteiger partial charge is 0.492 e. The highest BCUT2D eigenvalue weighted by molar-refractivity contribution is 6.59. The van der Waals surface area contributed by atoms with E-state index in [1.807, 2.05) is 0 Å². The van der Waals surface area contributed by atoms with Crippen LogP contribution < -0.4 is 14.9 Å². The van der Waals surface area contributed by atoms with E-state index in [1.165, 1.54) is 7.11 Å². The quantitative estimate of drug-likeness (QED) is 0.778. The monoisotopic (exact) mass is 280 g/mol. The van der Waals surface area contributed by atoms with Crippen molar-refractivity contribution in [2.75, 3.05) is 14.2 Å². The van der Waals surface area contributed by atoms with Crippen LogP contribution in [0, 0.1) is 0 Å². The fourth-order valence-corrected chi connectivity index (χ4v) is 2.57. The van der Waals surface area contributed by atoms with E-state index in [0.717, 1.165) is 25.7 Å². The van der Waals surface area contributed by atoms with Gasteiger partial charge in [-0.25, -0.2) is 0 Å². The molecule has 0 radical (unpaired) electrons. The van der Waals surface area contributed by atoms with E-state index in [-0.39, 0.29) is 12.2 Å². The standard InChI is InChI=1S/C14H21BO5/c1-18-10-4-3-5-12(8-10)20-14-7-6-11(19-2)9-13(14)15(16)17/h6-7,9-10,12,16-17H,3-5,8H2,1-2H3. The van der Waals surface area contributed by atoms with Gasteiger partial charge in [0.05, 0.1) is 13.2 Å². The second-order valence-electron chi connectivity index (χ2n) is 5.04. The lowest BCUT2D eigenvalue weighted by atomic mass is 9.79. The fourth-order valence-electron chi connectivity index (χ4n) is 2.57. The van der Waals surface area contributed by atoms with E-state index in [4.69, 9.17) is 14.2 Å². The summed E-state index contributed by atoms with van der Waals surface area (Å²) in [7, 11) is 1.67. The van der Waals surface area contributed by atoms with E-state index in [9.17, 15) is 10.0 Å². The van der Waals surface area contributed by atoms with Gasteiger partial charge in [-0.1, -0.05) is 0 Å². The molecule has 2 atom stereocenters. The van der Waals surface area contributed by atoms with Gasteiger partial charge in [-0.2, -0.15) is 0 Å². The molecule has 1 fully saturated rings. The Morgan fingerprint density at radius 1 is 1.15 bits per heavy atom. The fraction of sp³-hybridized carbons (Fsp3) is 0.571. The normalized spacial score (nSPS) is 22.4. The number of methoxy groups -OCH3 is 2. The molecule has 5 nitrogen and oxygen atoms in total. The van der Waals surface area contributed by atoms with Gasteiger partial charge in [0, 0.05) is 19.0 Å². The van der Waals surface area contributed by atoms with Crippen LogP contribution in [0.2, 0.25) is 0 Å². The van der Waals surface area contributed by atoms with Crippen molar-refractivity contribution in [2.45, 2.75) is 37.9 Å². The number of rotatable bonds is 5. The highest BCUT2D eigenvalue weighted by Crippen LogP contribution is 2.25. The second-order valence-corrected chi connectivity index (χ2v) is 5.04. The second kappa shape index (κ2) is 6.97. The molecule has 1 aliphatic rings. The van der Waals surface area contributed by atoms with Crippen molar-refractivity contribution in [3.63, 3.8) is 0 Å². The van der Waals surface area contributed by atoms with Gasteiger partial charge in [-0.15, -0.1) is 0 Å². The van der Waals surface area contributed by atoms with Gasteiger partial charge in [0.1, 0.15) is 17.6 Å². The van der Waals surface area contributed by atoms with Crippen molar-refractivity contribution in [3.05, 3.63) is 18.2 Å². The van der Waals surface area contributed by atoms with Crippen molar-refractivity contribution in [3.8, 4) is 11.5 Å². The van der Waals surface area contributed by atoms with Gasteiger partial charge in [-0.3, -0.25) is 0 Å². The average molecular weight is 280 g/mol. The summed E-state index contributed by atoms with van der Waals surface area (Å²) in [5.74, 6) is 1.06. The number of hydrogen-bond acceptors (Lipinski definition) is 5. The van der Waals surface area contributed by atoms with Crippen LogP contribution in [-0.2, 0) is 4.74 Å². The van der Waals surface area contributed by atoms with Crippen LogP contribution >= 0.6 is 0 Å². The van der Waals surface area contributed by atoms with Gasteiger partial charge in [0.2, 0.25) is 0 Å². The largest absolute Gasteiger partial charge is 0.497 e. The Kier molecular flexibility index (Phi) is 5.28.